The van der Waals surface area contributed by atoms with Crippen LogP contribution in [0.15, 0.2) is 30.3 Å². The molecule has 0 amide bonds. The van der Waals surface area contributed by atoms with Crippen molar-refractivity contribution in [3.05, 3.63) is 40.9 Å². The minimum absolute atomic E-state index is 0.0796. The average Bonchev–Trinajstić information content (AvgIpc) is 2.14. The van der Waals surface area contributed by atoms with Crippen LogP contribution in [-0.4, -0.2) is 17.9 Å². The van der Waals surface area contributed by atoms with Crippen molar-refractivity contribution in [1.29, 1.82) is 0 Å². The molecular weight excluding hydrogens is 229 g/mol. The summed E-state index contributed by atoms with van der Waals surface area (Å²) in [6.07, 6.45) is -4.35. The molecule has 0 saturated heterocycles. The smallest absolute Gasteiger partial charge is 0.392 e. The topological polar surface area (TPSA) is 20.2 Å². The van der Waals surface area contributed by atoms with E-state index in [0.29, 0.717) is 10.6 Å². The zero-order valence-corrected chi connectivity index (χ0v) is 8.31. The number of alkyl halides is 3. The standard InChI is InChI=1S/C10H8ClF3O/c11-9-3-1-7(2-4-9)8(6-15)5-10(12,13)14/h1-5,15H,6H2/b8-5+. The van der Waals surface area contributed by atoms with Crippen molar-refractivity contribution in [3.8, 4) is 0 Å². The first-order chi connectivity index (χ1) is 6.92. The van der Waals surface area contributed by atoms with Gasteiger partial charge in [-0.3, -0.25) is 0 Å². The maximum atomic E-state index is 12.0. The van der Waals surface area contributed by atoms with Gasteiger partial charge in [0.15, 0.2) is 0 Å². The lowest BCUT2D eigenvalue weighted by molar-refractivity contribution is -0.0796. The van der Waals surface area contributed by atoms with E-state index < -0.39 is 12.8 Å². The molecule has 0 atom stereocenters. The molecule has 0 bridgehead atoms. The van der Waals surface area contributed by atoms with Crippen LogP contribution in [0, 0.1) is 0 Å². The van der Waals surface area contributed by atoms with E-state index in [1.807, 2.05) is 0 Å². The Morgan fingerprint density at radius 1 is 1.27 bits per heavy atom. The molecule has 0 saturated carbocycles. The molecule has 0 unspecified atom stereocenters. The molecular formula is C10H8ClF3O. The lowest BCUT2D eigenvalue weighted by atomic mass is 10.1. The maximum absolute atomic E-state index is 12.0. The highest BCUT2D eigenvalue weighted by atomic mass is 35.5. The van der Waals surface area contributed by atoms with Gasteiger partial charge in [-0.2, -0.15) is 13.2 Å². The number of rotatable bonds is 2. The van der Waals surface area contributed by atoms with Crippen molar-refractivity contribution in [2.24, 2.45) is 0 Å². The minimum Gasteiger partial charge on any atom is -0.392 e. The van der Waals surface area contributed by atoms with Gasteiger partial charge in [-0.25, -0.2) is 0 Å². The van der Waals surface area contributed by atoms with E-state index in [1.54, 1.807) is 0 Å². The molecule has 1 rings (SSSR count). The van der Waals surface area contributed by atoms with Crippen molar-refractivity contribution in [3.63, 3.8) is 0 Å². The van der Waals surface area contributed by atoms with Crippen molar-refractivity contribution in [2.75, 3.05) is 6.61 Å². The zero-order valence-electron chi connectivity index (χ0n) is 7.55. The van der Waals surface area contributed by atoms with Gasteiger partial charge in [0.05, 0.1) is 6.61 Å². The van der Waals surface area contributed by atoms with Gasteiger partial charge < -0.3 is 5.11 Å². The van der Waals surface area contributed by atoms with E-state index in [-0.39, 0.29) is 11.6 Å². The van der Waals surface area contributed by atoms with Crippen molar-refractivity contribution >= 4 is 17.2 Å². The molecule has 1 aromatic carbocycles. The highest BCUT2D eigenvalue weighted by Crippen LogP contribution is 2.24. The maximum Gasteiger partial charge on any atom is 0.410 e. The van der Waals surface area contributed by atoms with Gasteiger partial charge in [-0.05, 0) is 23.3 Å². The van der Waals surface area contributed by atoms with E-state index in [9.17, 15) is 13.2 Å². The summed E-state index contributed by atoms with van der Waals surface area (Å²) in [4.78, 5) is 0. The van der Waals surface area contributed by atoms with Gasteiger partial charge in [0, 0.05) is 11.1 Å². The van der Waals surface area contributed by atoms with Gasteiger partial charge in [0.2, 0.25) is 0 Å². The Bertz CT molecular complexity index is 354. The molecule has 0 spiro atoms. The first-order valence-electron chi connectivity index (χ1n) is 4.07. The lowest BCUT2D eigenvalue weighted by Gasteiger charge is -2.06. The summed E-state index contributed by atoms with van der Waals surface area (Å²) >= 11 is 5.59. The third-order valence-corrected chi connectivity index (χ3v) is 1.98. The Labute approximate surface area is 89.8 Å². The van der Waals surface area contributed by atoms with Gasteiger partial charge in [0.1, 0.15) is 0 Å². The van der Waals surface area contributed by atoms with Crippen molar-refractivity contribution in [2.45, 2.75) is 6.18 Å². The average molecular weight is 237 g/mol. The van der Waals surface area contributed by atoms with E-state index in [2.05, 4.69) is 0 Å². The van der Waals surface area contributed by atoms with Gasteiger partial charge in [0.25, 0.3) is 0 Å². The number of benzene rings is 1. The number of halogens is 4. The highest BCUT2D eigenvalue weighted by Gasteiger charge is 2.24. The largest absolute Gasteiger partial charge is 0.410 e. The van der Waals surface area contributed by atoms with Crippen LogP contribution in [0.1, 0.15) is 5.56 Å². The highest BCUT2D eigenvalue weighted by molar-refractivity contribution is 6.30. The van der Waals surface area contributed by atoms with Crippen LogP contribution in [-0.2, 0) is 0 Å². The fourth-order valence-corrected chi connectivity index (χ4v) is 1.21. The fraction of sp³-hybridized carbons (Fsp3) is 0.200. The Hall–Kier alpha value is -1.00. The van der Waals surface area contributed by atoms with Gasteiger partial charge in [-0.1, -0.05) is 23.7 Å². The summed E-state index contributed by atoms with van der Waals surface area (Å²) in [5.74, 6) is 0. The van der Waals surface area contributed by atoms with E-state index in [4.69, 9.17) is 16.7 Å². The molecule has 0 aliphatic heterocycles. The zero-order chi connectivity index (χ0) is 11.5. The molecule has 0 aliphatic rings. The molecule has 5 heteroatoms. The Kier molecular flexibility index (Phi) is 3.77. The minimum atomic E-state index is -4.43. The Morgan fingerprint density at radius 3 is 2.20 bits per heavy atom. The van der Waals surface area contributed by atoms with E-state index in [0.717, 1.165) is 0 Å². The fourth-order valence-electron chi connectivity index (χ4n) is 1.08. The number of aliphatic hydroxyl groups excluding tert-OH is 1. The van der Waals surface area contributed by atoms with Crippen molar-refractivity contribution < 1.29 is 18.3 Å². The second-order valence-electron chi connectivity index (χ2n) is 2.88. The first kappa shape index (κ1) is 12.1. The second-order valence-corrected chi connectivity index (χ2v) is 3.31. The Balaban J connectivity index is 3.03. The number of hydrogen-bond acceptors (Lipinski definition) is 1. The molecule has 1 nitrogen and oxygen atoms in total. The molecule has 0 aromatic heterocycles. The normalized spacial score (nSPS) is 13.0. The third kappa shape index (κ3) is 3.93. The van der Waals surface area contributed by atoms with Crippen LogP contribution in [0.2, 0.25) is 5.02 Å². The molecule has 0 fully saturated rings. The Morgan fingerprint density at radius 2 is 1.80 bits per heavy atom. The molecule has 0 aliphatic carbocycles. The summed E-state index contributed by atoms with van der Waals surface area (Å²) in [5, 5.41) is 9.24. The number of allylic oxidation sites excluding steroid dienone is 1. The monoisotopic (exact) mass is 236 g/mol. The van der Waals surface area contributed by atoms with Crippen LogP contribution in [0.3, 0.4) is 0 Å². The van der Waals surface area contributed by atoms with E-state index >= 15 is 0 Å². The molecule has 82 valence electrons. The first-order valence-corrected chi connectivity index (χ1v) is 4.45. The summed E-state index contributed by atoms with van der Waals surface area (Å²) in [6.45, 7) is -0.666. The van der Waals surface area contributed by atoms with Crippen LogP contribution < -0.4 is 0 Å². The molecule has 1 N–H and O–H groups in total. The van der Waals surface area contributed by atoms with Crippen LogP contribution in [0.5, 0.6) is 0 Å². The SMILES string of the molecule is OC/C(=C\C(F)(F)F)c1ccc(Cl)cc1. The third-order valence-electron chi connectivity index (χ3n) is 1.72. The van der Waals surface area contributed by atoms with Gasteiger partial charge >= 0.3 is 6.18 Å². The number of aliphatic hydroxyl groups is 1. The predicted molar refractivity (Wildman–Crippen MR) is 52.6 cm³/mol. The number of hydrogen-bond donors (Lipinski definition) is 1. The molecule has 15 heavy (non-hydrogen) atoms. The summed E-state index contributed by atoms with van der Waals surface area (Å²) in [7, 11) is 0. The molecule has 1 aromatic rings. The van der Waals surface area contributed by atoms with Gasteiger partial charge in [-0.15, -0.1) is 0 Å². The van der Waals surface area contributed by atoms with E-state index in [1.165, 1.54) is 24.3 Å². The predicted octanol–water partition coefficient (Wildman–Crippen LogP) is 3.28. The quantitative estimate of drug-likeness (QED) is 0.836. The van der Waals surface area contributed by atoms with Crippen LogP contribution in [0.4, 0.5) is 13.2 Å². The van der Waals surface area contributed by atoms with Crippen LogP contribution >= 0.6 is 11.6 Å². The summed E-state index contributed by atoms with van der Waals surface area (Å²) in [5.41, 5.74) is 0.124. The molecule has 0 heterocycles. The summed E-state index contributed by atoms with van der Waals surface area (Å²) < 4.78 is 36.1. The lowest BCUT2D eigenvalue weighted by Crippen LogP contribution is -2.05. The second kappa shape index (κ2) is 4.68. The van der Waals surface area contributed by atoms with Crippen molar-refractivity contribution in [1.82, 2.24) is 0 Å². The van der Waals surface area contributed by atoms with Crippen LogP contribution in [0.25, 0.3) is 5.57 Å². The molecule has 0 radical (unpaired) electrons. The summed E-state index contributed by atoms with van der Waals surface area (Å²) in [6, 6.07) is 5.79.